The Hall–Kier alpha value is 0.400. The van der Waals surface area contributed by atoms with Crippen molar-refractivity contribution in [2.75, 3.05) is 11.5 Å². The van der Waals surface area contributed by atoms with Crippen LogP contribution in [0.3, 0.4) is 0 Å². The number of nitrogens with one attached hydrogen (secondary N) is 1. The van der Waals surface area contributed by atoms with Gasteiger partial charge in [0.25, 0.3) is 0 Å². The molecule has 0 aliphatic carbocycles. The maximum atomic E-state index is 6.12. The second kappa shape index (κ2) is 7.75. The van der Waals surface area contributed by atoms with Gasteiger partial charge in [0.1, 0.15) is 0 Å². The molecule has 0 aliphatic heterocycles. The highest BCUT2D eigenvalue weighted by molar-refractivity contribution is 7.99. The zero-order valence-corrected chi connectivity index (χ0v) is 13.0. The lowest BCUT2D eigenvalue weighted by molar-refractivity contribution is 0.596. The van der Waals surface area contributed by atoms with Gasteiger partial charge >= 0.3 is 0 Å². The van der Waals surface area contributed by atoms with Crippen molar-refractivity contribution in [1.82, 2.24) is 5.32 Å². The van der Waals surface area contributed by atoms with Crippen molar-refractivity contribution >= 4 is 46.6 Å². The van der Waals surface area contributed by atoms with Crippen LogP contribution in [0.4, 0.5) is 0 Å². The van der Waals surface area contributed by atoms with Crippen LogP contribution in [0.5, 0.6) is 0 Å². The molecule has 0 amide bonds. The van der Waals surface area contributed by atoms with Crippen molar-refractivity contribution in [1.29, 1.82) is 0 Å². The summed E-state index contributed by atoms with van der Waals surface area (Å²) in [6.45, 7) is 4.95. The Morgan fingerprint density at radius 1 is 1.24 bits per heavy atom. The first-order chi connectivity index (χ1) is 8.06. The topological polar surface area (TPSA) is 12.0 Å². The fourth-order valence-corrected chi connectivity index (χ4v) is 2.75. The van der Waals surface area contributed by atoms with Gasteiger partial charge in [-0.15, -0.1) is 0 Å². The first-order valence-electron chi connectivity index (χ1n) is 5.49. The van der Waals surface area contributed by atoms with E-state index in [0.29, 0.717) is 27.7 Å². The summed E-state index contributed by atoms with van der Waals surface area (Å²) in [6, 6.07) is 3.91. The quantitative estimate of drug-likeness (QED) is 0.751. The summed E-state index contributed by atoms with van der Waals surface area (Å²) in [6.07, 6.45) is 0. The fourth-order valence-electron chi connectivity index (χ4n) is 1.36. The molecule has 0 saturated heterocycles. The molecule has 1 nitrogen and oxygen atoms in total. The second-order valence-corrected chi connectivity index (χ2v) is 6.27. The molecule has 1 N–H and O–H groups in total. The molecule has 0 aliphatic rings. The van der Waals surface area contributed by atoms with Gasteiger partial charge in [-0.2, -0.15) is 11.8 Å². The predicted molar refractivity (Wildman–Crippen MR) is 80.8 cm³/mol. The van der Waals surface area contributed by atoms with Crippen molar-refractivity contribution in [3.63, 3.8) is 0 Å². The van der Waals surface area contributed by atoms with Gasteiger partial charge in [0, 0.05) is 28.9 Å². The van der Waals surface area contributed by atoms with Crippen LogP contribution in [0.1, 0.15) is 19.4 Å². The van der Waals surface area contributed by atoms with Crippen LogP contribution in [0, 0.1) is 0 Å². The Labute approximate surface area is 122 Å². The van der Waals surface area contributed by atoms with Gasteiger partial charge in [0.15, 0.2) is 0 Å². The molecule has 1 unspecified atom stereocenters. The van der Waals surface area contributed by atoms with Crippen LogP contribution in [-0.2, 0) is 6.54 Å². The average Bonchev–Trinajstić information content (AvgIpc) is 2.31. The third-order valence-corrected chi connectivity index (χ3v) is 4.68. The van der Waals surface area contributed by atoms with Crippen LogP contribution < -0.4 is 5.32 Å². The molecular formula is C12H16Cl3NS. The highest BCUT2D eigenvalue weighted by Gasteiger charge is 2.10. The largest absolute Gasteiger partial charge is 0.309 e. The molecule has 1 rings (SSSR count). The first kappa shape index (κ1) is 15.5. The maximum Gasteiger partial charge on any atom is 0.0652 e. The van der Waals surface area contributed by atoms with Gasteiger partial charge in [-0.05, 0) is 24.8 Å². The van der Waals surface area contributed by atoms with E-state index in [1.165, 1.54) is 0 Å². The number of rotatable bonds is 6. The zero-order chi connectivity index (χ0) is 12.8. The van der Waals surface area contributed by atoms with Crippen LogP contribution >= 0.6 is 46.6 Å². The van der Waals surface area contributed by atoms with Crippen LogP contribution in [0.15, 0.2) is 12.1 Å². The van der Waals surface area contributed by atoms with Crippen molar-refractivity contribution in [2.45, 2.75) is 26.4 Å². The Morgan fingerprint density at radius 2 is 1.88 bits per heavy atom. The van der Waals surface area contributed by atoms with Crippen molar-refractivity contribution in [3.8, 4) is 0 Å². The first-order valence-corrected chi connectivity index (χ1v) is 7.78. The van der Waals surface area contributed by atoms with Crippen LogP contribution in [0.25, 0.3) is 0 Å². The summed E-state index contributed by atoms with van der Waals surface area (Å²) in [5, 5.41) is 5.14. The normalized spacial score (nSPS) is 12.8. The minimum atomic E-state index is 0.422. The summed E-state index contributed by atoms with van der Waals surface area (Å²) in [5.41, 5.74) is 0.870. The number of thioether (sulfide) groups is 1. The Balaban J connectivity index is 2.60. The van der Waals surface area contributed by atoms with E-state index in [1.54, 1.807) is 12.1 Å². The summed E-state index contributed by atoms with van der Waals surface area (Å²) in [7, 11) is 0. The minimum absolute atomic E-state index is 0.422. The lowest BCUT2D eigenvalue weighted by atomic mass is 10.2. The number of hydrogen-bond donors (Lipinski definition) is 1. The van der Waals surface area contributed by atoms with Crippen molar-refractivity contribution in [3.05, 3.63) is 32.8 Å². The van der Waals surface area contributed by atoms with Gasteiger partial charge in [0.05, 0.1) is 10.0 Å². The van der Waals surface area contributed by atoms with Gasteiger partial charge < -0.3 is 5.32 Å². The molecule has 1 aromatic carbocycles. The summed E-state index contributed by atoms with van der Waals surface area (Å²) in [5.74, 6) is 2.21. The zero-order valence-electron chi connectivity index (χ0n) is 9.90. The van der Waals surface area contributed by atoms with E-state index in [1.807, 2.05) is 11.8 Å². The van der Waals surface area contributed by atoms with E-state index < -0.39 is 0 Å². The standard InChI is InChI=1S/C12H16Cl3NS/c1-3-17-7-8(2)16-6-9-10(13)4-5-11(14)12(9)15/h4-5,8,16H,3,6-7H2,1-2H3. The second-order valence-electron chi connectivity index (χ2n) is 3.76. The third kappa shape index (κ3) is 4.88. The maximum absolute atomic E-state index is 6.12. The van der Waals surface area contributed by atoms with Crippen LogP contribution in [-0.4, -0.2) is 17.5 Å². The van der Waals surface area contributed by atoms with Gasteiger partial charge in [0.2, 0.25) is 0 Å². The number of benzene rings is 1. The Kier molecular flexibility index (Phi) is 7.05. The van der Waals surface area contributed by atoms with Crippen molar-refractivity contribution in [2.24, 2.45) is 0 Å². The molecular weight excluding hydrogens is 297 g/mol. The molecule has 0 saturated carbocycles. The molecule has 0 spiro atoms. The smallest absolute Gasteiger partial charge is 0.0652 e. The molecule has 0 bridgehead atoms. The van der Waals surface area contributed by atoms with Crippen molar-refractivity contribution < 1.29 is 0 Å². The molecule has 1 aromatic rings. The fraction of sp³-hybridized carbons (Fsp3) is 0.500. The van der Waals surface area contributed by atoms with Gasteiger partial charge in [-0.3, -0.25) is 0 Å². The summed E-state index contributed by atoms with van der Waals surface area (Å²) < 4.78 is 0. The highest BCUT2D eigenvalue weighted by Crippen LogP contribution is 2.31. The molecule has 0 radical (unpaired) electrons. The van der Waals surface area contributed by atoms with E-state index in [9.17, 15) is 0 Å². The van der Waals surface area contributed by atoms with Crippen LogP contribution in [0.2, 0.25) is 15.1 Å². The molecule has 17 heavy (non-hydrogen) atoms. The Morgan fingerprint density at radius 3 is 2.53 bits per heavy atom. The van der Waals surface area contributed by atoms with Gasteiger partial charge in [-0.25, -0.2) is 0 Å². The molecule has 0 fully saturated rings. The van der Waals surface area contributed by atoms with E-state index in [-0.39, 0.29) is 0 Å². The lowest BCUT2D eigenvalue weighted by Crippen LogP contribution is -2.28. The number of halogens is 3. The monoisotopic (exact) mass is 311 g/mol. The average molecular weight is 313 g/mol. The third-order valence-electron chi connectivity index (χ3n) is 2.34. The lowest BCUT2D eigenvalue weighted by Gasteiger charge is -2.15. The molecule has 1 atom stereocenters. The molecule has 96 valence electrons. The van der Waals surface area contributed by atoms with E-state index in [2.05, 4.69) is 19.2 Å². The summed E-state index contributed by atoms with van der Waals surface area (Å²) >= 11 is 20.1. The molecule has 0 aromatic heterocycles. The Bertz CT molecular complexity index is 371. The molecule has 5 heteroatoms. The summed E-state index contributed by atoms with van der Waals surface area (Å²) in [4.78, 5) is 0. The van der Waals surface area contributed by atoms with Gasteiger partial charge in [-0.1, -0.05) is 41.7 Å². The minimum Gasteiger partial charge on any atom is -0.309 e. The highest BCUT2D eigenvalue weighted by atomic mass is 35.5. The predicted octanol–water partition coefficient (Wildman–Crippen LogP) is 4.88. The van der Waals surface area contributed by atoms with E-state index in [4.69, 9.17) is 34.8 Å². The van der Waals surface area contributed by atoms with E-state index >= 15 is 0 Å². The molecule has 0 heterocycles. The van der Waals surface area contributed by atoms with E-state index in [0.717, 1.165) is 17.1 Å². The SMILES string of the molecule is CCSCC(C)NCc1c(Cl)ccc(Cl)c1Cl. The number of hydrogen-bond acceptors (Lipinski definition) is 2.